The third-order valence-electron chi connectivity index (χ3n) is 6.34. The van der Waals surface area contributed by atoms with Gasteiger partial charge in [-0.15, -0.1) is 10.2 Å². The molecule has 8 nitrogen and oxygen atoms in total. The summed E-state index contributed by atoms with van der Waals surface area (Å²) in [6.07, 6.45) is 6.90. The van der Waals surface area contributed by atoms with Gasteiger partial charge in [-0.05, 0) is 62.9 Å². The van der Waals surface area contributed by atoms with Gasteiger partial charge in [0.1, 0.15) is 11.6 Å². The van der Waals surface area contributed by atoms with Gasteiger partial charge < -0.3 is 0 Å². The molecule has 0 N–H and O–H groups in total. The van der Waals surface area contributed by atoms with E-state index in [0.717, 1.165) is 33.5 Å². The first kappa shape index (κ1) is 24.7. The normalized spacial score (nSPS) is 13.5. The van der Waals surface area contributed by atoms with Gasteiger partial charge in [0, 0.05) is 36.3 Å². The van der Waals surface area contributed by atoms with Gasteiger partial charge >= 0.3 is 0 Å². The number of sulfone groups is 1. The van der Waals surface area contributed by atoms with E-state index in [1.807, 2.05) is 63.5 Å². The third-order valence-corrected chi connectivity index (χ3v) is 8.54. The average molecular weight is 491 g/mol. The van der Waals surface area contributed by atoms with Crippen LogP contribution in [0.1, 0.15) is 53.7 Å². The molecule has 4 aromatic rings. The summed E-state index contributed by atoms with van der Waals surface area (Å²) < 4.78 is 29.0. The van der Waals surface area contributed by atoms with Crippen LogP contribution in [0.2, 0.25) is 0 Å². The fourth-order valence-corrected chi connectivity index (χ4v) is 5.69. The summed E-state index contributed by atoms with van der Waals surface area (Å²) in [6, 6.07) is 7.95. The molecule has 0 radical (unpaired) electrons. The van der Waals surface area contributed by atoms with Crippen molar-refractivity contribution < 1.29 is 8.42 Å². The van der Waals surface area contributed by atoms with E-state index >= 15 is 0 Å². The van der Waals surface area contributed by atoms with Crippen LogP contribution < -0.4 is 0 Å². The van der Waals surface area contributed by atoms with Crippen molar-refractivity contribution in [3.63, 3.8) is 0 Å². The zero-order chi connectivity index (χ0) is 25.3. The van der Waals surface area contributed by atoms with Gasteiger partial charge in [0.15, 0.2) is 21.5 Å². The first-order valence-corrected chi connectivity index (χ1v) is 13.2. The second-order valence-electron chi connectivity index (χ2n) is 9.19. The smallest absolute Gasteiger partial charge is 0.170 e. The van der Waals surface area contributed by atoms with E-state index in [2.05, 4.69) is 25.1 Å². The van der Waals surface area contributed by atoms with Crippen LogP contribution in [0.25, 0.3) is 17.1 Å². The first-order valence-electron chi connectivity index (χ1n) is 11.5. The zero-order valence-corrected chi connectivity index (χ0v) is 21.7. The molecule has 2 atom stereocenters. The molecule has 0 fully saturated rings. The molecule has 0 aliphatic heterocycles. The quantitative estimate of drug-likeness (QED) is 0.377. The maximum absolute atomic E-state index is 13.6. The Morgan fingerprint density at radius 2 is 1.54 bits per heavy atom. The summed E-state index contributed by atoms with van der Waals surface area (Å²) in [6.45, 7) is 11.4. The molecule has 0 saturated heterocycles. The maximum Gasteiger partial charge on any atom is 0.170 e. The lowest BCUT2D eigenvalue weighted by atomic mass is 10.1. The van der Waals surface area contributed by atoms with Crippen LogP contribution in [0, 0.1) is 27.7 Å². The van der Waals surface area contributed by atoms with E-state index in [9.17, 15) is 8.42 Å². The highest BCUT2D eigenvalue weighted by Gasteiger charge is 2.32. The van der Waals surface area contributed by atoms with Crippen molar-refractivity contribution in [1.29, 1.82) is 0 Å². The van der Waals surface area contributed by atoms with Crippen LogP contribution in [0.5, 0.6) is 0 Å². The highest BCUT2D eigenvalue weighted by atomic mass is 32.2. The minimum atomic E-state index is -3.62. The third kappa shape index (κ3) is 5.00. The molecule has 0 unspecified atom stereocenters. The van der Waals surface area contributed by atoms with Gasteiger partial charge in [-0.3, -0.25) is 9.55 Å². The van der Waals surface area contributed by atoms with Crippen molar-refractivity contribution in [2.75, 3.05) is 0 Å². The lowest BCUT2D eigenvalue weighted by Gasteiger charge is -2.20. The first-order chi connectivity index (χ1) is 16.6. The fourth-order valence-electron chi connectivity index (χ4n) is 4.14. The molecule has 0 aliphatic rings. The minimum absolute atomic E-state index is 0.260. The number of nitrogens with zero attached hydrogens (tertiary/aromatic N) is 6. The van der Waals surface area contributed by atoms with Crippen molar-refractivity contribution >= 4 is 9.84 Å². The summed E-state index contributed by atoms with van der Waals surface area (Å²) in [5, 5.41) is 8.08. The fraction of sp³-hybridized carbons (Fsp3) is 0.346. The molecular formula is C26H30N6O2S. The Morgan fingerprint density at radius 1 is 0.886 bits per heavy atom. The predicted molar refractivity (Wildman–Crippen MR) is 136 cm³/mol. The molecule has 3 heterocycles. The Labute approximate surface area is 206 Å². The van der Waals surface area contributed by atoms with E-state index in [1.165, 1.54) is 0 Å². The molecule has 35 heavy (non-hydrogen) atoms. The van der Waals surface area contributed by atoms with Gasteiger partial charge in [0.05, 0.1) is 10.9 Å². The zero-order valence-electron chi connectivity index (χ0n) is 20.9. The van der Waals surface area contributed by atoms with E-state index in [-0.39, 0.29) is 11.7 Å². The molecule has 0 amide bonds. The van der Waals surface area contributed by atoms with Gasteiger partial charge in [-0.2, -0.15) is 0 Å². The Kier molecular flexibility index (Phi) is 6.80. The van der Waals surface area contributed by atoms with Crippen molar-refractivity contribution in [3.05, 3.63) is 83.0 Å². The lowest BCUT2D eigenvalue weighted by molar-refractivity contribution is 0.560. The van der Waals surface area contributed by atoms with Crippen LogP contribution in [-0.4, -0.2) is 43.4 Å². The van der Waals surface area contributed by atoms with Crippen LogP contribution in [0.4, 0.5) is 0 Å². The van der Waals surface area contributed by atoms with Gasteiger partial charge in [-0.25, -0.2) is 18.4 Å². The number of hydrogen-bond donors (Lipinski definition) is 0. The topological polar surface area (TPSA) is 104 Å². The number of aromatic nitrogens is 6. The number of para-hydroxylation sites is 1. The Morgan fingerprint density at radius 3 is 2.17 bits per heavy atom. The van der Waals surface area contributed by atoms with E-state index in [1.54, 1.807) is 31.7 Å². The van der Waals surface area contributed by atoms with Gasteiger partial charge in [0.25, 0.3) is 0 Å². The molecule has 4 rings (SSSR count). The highest BCUT2D eigenvalue weighted by Crippen LogP contribution is 2.30. The summed E-state index contributed by atoms with van der Waals surface area (Å²) in [7, 11) is -3.62. The second-order valence-corrected chi connectivity index (χ2v) is 11.5. The van der Waals surface area contributed by atoms with Crippen molar-refractivity contribution in [2.45, 2.75) is 58.5 Å². The molecular weight excluding hydrogens is 460 g/mol. The summed E-state index contributed by atoms with van der Waals surface area (Å²) in [5.41, 5.74) is 5.56. The molecule has 0 aliphatic carbocycles. The van der Waals surface area contributed by atoms with E-state index in [4.69, 9.17) is 0 Å². The molecule has 182 valence electrons. The average Bonchev–Trinajstić information content (AvgIpc) is 3.21. The van der Waals surface area contributed by atoms with E-state index in [0.29, 0.717) is 17.5 Å². The predicted octanol–water partition coefficient (Wildman–Crippen LogP) is 4.46. The van der Waals surface area contributed by atoms with Gasteiger partial charge in [0.2, 0.25) is 0 Å². The highest BCUT2D eigenvalue weighted by molar-refractivity contribution is 7.91. The van der Waals surface area contributed by atoms with Crippen molar-refractivity contribution in [3.8, 4) is 17.1 Å². The van der Waals surface area contributed by atoms with Crippen LogP contribution in [-0.2, 0) is 15.6 Å². The lowest BCUT2D eigenvalue weighted by Crippen LogP contribution is -2.27. The molecule has 0 saturated carbocycles. The van der Waals surface area contributed by atoms with E-state index < -0.39 is 15.1 Å². The maximum atomic E-state index is 13.6. The van der Waals surface area contributed by atoms with Crippen molar-refractivity contribution in [2.24, 2.45) is 0 Å². The summed E-state index contributed by atoms with van der Waals surface area (Å²) in [4.78, 5) is 13.0. The van der Waals surface area contributed by atoms with Crippen LogP contribution >= 0.6 is 0 Å². The molecule has 9 heteroatoms. The molecule has 1 aromatic carbocycles. The van der Waals surface area contributed by atoms with Crippen molar-refractivity contribution in [1.82, 2.24) is 29.7 Å². The monoisotopic (exact) mass is 490 g/mol. The SMILES string of the molecule is Cc1cnc([C@@H](C)[C@H](C)S(=O)(=O)Cc2nnc(-c3cncc(C)c3)n2-c2c(C)cccc2C)nc1. The Bertz CT molecular complexity index is 1440. The summed E-state index contributed by atoms with van der Waals surface area (Å²) in [5.74, 6) is 0.797. The number of rotatable bonds is 7. The Hall–Kier alpha value is -3.46. The standard InChI is InChI=1S/C26H30N6O2S/c1-16-10-22(14-27-11-16)26-31-30-23(32(26)24-18(3)8-7-9-19(24)4)15-35(33,34)21(6)20(5)25-28-12-17(2)13-29-25/h7-14,20-21H,15H2,1-6H3/t20-,21-/m0/s1. The number of aryl methyl sites for hydroxylation is 4. The molecule has 3 aromatic heterocycles. The molecule has 0 spiro atoms. The number of hydrogen-bond acceptors (Lipinski definition) is 7. The van der Waals surface area contributed by atoms with Gasteiger partial charge in [-0.1, -0.05) is 25.1 Å². The largest absolute Gasteiger partial charge is 0.278 e. The molecule has 0 bridgehead atoms. The Balaban J connectivity index is 1.79. The van der Waals surface area contributed by atoms with Crippen LogP contribution in [0.3, 0.4) is 0 Å². The number of benzene rings is 1. The second kappa shape index (κ2) is 9.65. The number of pyridine rings is 1. The van der Waals surface area contributed by atoms with Crippen LogP contribution in [0.15, 0.2) is 49.1 Å². The minimum Gasteiger partial charge on any atom is -0.278 e. The summed E-state index contributed by atoms with van der Waals surface area (Å²) >= 11 is 0.